The quantitative estimate of drug-likeness (QED) is 0.666. The van der Waals surface area contributed by atoms with Crippen LogP contribution in [0.1, 0.15) is 30.4 Å². The van der Waals surface area contributed by atoms with Crippen LogP contribution in [0.25, 0.3) is 0 Å². The molecule has 0 spiro atoms. The van der Waals surface area contributed by atoms with E-state index < -0.39 is 0 Å². The maximum atomic E-state index is 3.30. The molecular formula is C21H16. The van der Waals surface area contributed by atoms with Gasteiger partial charge in [0.15, 0.2) is 0 Å². The second-order valence-corrected chi connectivity index (χ2v) is 5.05. The molecule has 0 amide bonds. The molecule has 100 valence electrons. The van der Waals surface area contributed by atoms with Gasteiger partial charge >= 0.3 is 0 Å². The summed E-state index contributed by atoms with van der Waals surface area (Å²) >= 11 is 0. The van der Waals surface area contributed by atoms with Crippen molar-refractivity contribution in [2.24, 2.45) is 0 Å². The van der Waals surface area contributed by atoms with Crippen LogP contribution in [0.3, 0.4) is 0 Å². The van der Waals surface area contributed by atoms with Gasteiger partial charge < -0.3 is 0 Å². The molecule has 1 atom stereocenters. The van der Waals surface area contributed by atoms with Gasteiger partial charge in [-0.2, -0.15) is 0 Å². The summed E-state index contributed by atoms with van der Waals surface area (Å²) in [5, 5.41) is 0. The predicted molar refractivity (Wildman–Crippen MR) is 87.6 cm³/mol. The van der Waals surface area contributed by atoms with Crippen molar-refractivity contribution in [1.29, 1.82) is 0 Å². The predicted octanol–water partition coefficient (Wildman–Crippen LogP) is 4.55. The average Bonchev–Trinajstić information content (AvgIpc) is 2.53. The van der Waals surface area contributed by atoms with E-state index in [0.29, 0.717) is 5.92 Å². The maximum absolute atomic E-state index is 3.30. The third kappa shape index (κ3) is 2.91. The lowest BCUT2D eigenvalue weighted by Gasteiger charge is -2.28. The normalized spacial score (nSPS) is 16.1. The second-order valence-electron chi connectivity index (χ2n) is 5.05. The minimum Gasteiger partial charge on any atom is -0.102 e. The lowest BCUT2D eigenvalue weighted by molar-refractivity contribution is 0.729. The van der Waals surface area contributed by atoms with Crippen LogP contribution in [0.15, 0.2) is 71.8 Å². The Kier molecular flexibility index (Phi) is 3.90. The van der Waals surface area contributed by atoms with Gasteiger partial charge in [0.25, 0.3) is 0 Å². The Labute approximate surface area is 126 Å². The number of rotatable bonds is 1. The standard InChI is InChI=1S/C21H16/c1-2-9-20-19(15-14-17-10-5-3-6-11-17)16-21(20)18-12-7-4-8-13-18/h3-8,10-13,21H,16H2,1H3. The number of benzene rings is 2. The summed E-state index contributed by atoms with van der Waals surface area (Å²) in [6.45, 7) is 1.88. The van der Waals surface area contributed by atoms with E-state index in [4.69, 9.17) is 0 Å². The third-order valence-electron chi connectivity index (χ3n) is 3.67. The van der Waals surface area contributed by atoms with Crippen LogP contribution in [0.5, 0.6) is 0 Å². The first-order valence-corrected chi connectivity index (χ1v) is 7.16. The number of allylic oxidation sites excluding steroid dienone is 2. The monoisotopic (exact) mass is 268 g/mol. The van der Waals surface area contributed by atoms with Crippen LogP contribution < -0.4 is 0 Å². The van der Waals surface area contributed by atoms with Crippen LogP contribution in [0.2, 0.25) is 0 Å². The van der Waals surface area contributed by atoms with Gasteiger partial charge in [-0.3, -0.25) is 0 Å². The van der Waals surface area contributed by atoms with Crippen LogP contribution >= 0.6 is 0 Å². The Balaban J connectivity index is 1.89. The first-order valence-electron chi connectivity index (χ1n) is 7.16. The summed E-state index contributed by atoms with van der Waals surface area (Å²) < 4.78 is 0. The summed E-state index contributed by atoms with van der Waals surface area (Å²) in [6, 6.07) is 20.7. The van der Waals surface area contributed by atoms with Gasteiger partial charge in [0.2, 0.25) is 0 Å². The molecule has 2 aromatic carbocycles. The van der Waals surface area contributed by atoms with E-state index in [1.54, 1.807) is 0 Å². The van der Waals surface area contributed by atoms with Crippen molar-refractivity contribution in [3.63, 3.8) is 0 Å². The highest BCUT2D eigenvalue weighted by Crippen LogP contribution is 2.41. The van der Waals surface area contributed by atoms with Crippen molar-refractivity contribution >= 4 is 0 Å². The Bertz CT molecular complexity index is 772. The average molecular weight is 268 g/mol. The number of hydrogen-bond donors (Lipinski definition) is 0. The van der Waals surface area contributed by atoms with E-state index in [1.807, 2.05) is 43.3 Å². The van der Waals surface area contributed by atoms with Crippen LogP contribution in [-0.4, -0.2) is 0 Å². The zero-order valence-electron chi connectivity index (χ0n) is 12.1. The van der Waals surface area contributed by atoms with Crippen LogP contribution in [0, 0.1) is 23.7 Å². The lowest BCUT2D eigenvalue weighted by atomic mass is 9.74. The molecule has 0 saturated heterocycles. The fourth-order valence-electron chi connectivity index (χ4n) is 2.55. The summed E-state index contributed by atoms with van der Waals surface area (Å²) in [4.78, 5) is 0. The van der Waals surface area contributed by atoms with E-state index in [9.17, 15) is 0 Å². The van der Waals surface area contributed by atoms with Crippen molar-refractivity contribution < 1.29 is 0 Å². The minimum absolute atomic E-state index is 0.415. The van der Waals surface area contributed by atoms with Gasteiger partial charge in [0, 0.05) is 22.6 Å². The Morgan fingerprint density at radius 1 is 0.810 bits per heavy atom. The van der Waals surface area contributed by atoms with Crippen LogP contribution in [-0.2, 0) is 0 Å². The van der Waals surface area contributed by atoms with Gasteiger partial charge in [0.1, 0.15) is 0 Å². The van der Waals surface area contributed by atoms with Crippen molar-refractivity contribution in [2.75, 3.05) is 0 Å². The number of hydrogen-bond acceptors (Lipinski definition) is 0. The van der Waals surface area contributed by atoms with Gasteiger partial charge in [0.05, 0.1) is 0 Å². The summed E-state index contributed by atoms with van der Waals surface area (Å²) in [6.07, 6.45) is 0.994. The molecule has 1 aliphatic rings. The molecule has 1 aliphatic carbocycles. The molecule has 0 saturated carbocycles. The molecule has 1 unspecified atom stereocenters. The molecule has 0 nitrogen and oxygen atoms in total. The van der Waals surface area contributed by atoms with Crippen molar-refractivity contribution in [3.05, 3.63) is 82.9 Å². The second kappa shape index (κ2) is 6.17. The summed E-state index contributed by atoms with van der Waals surface area (Å²) in [5.41, 5.74) is 4.76. The first-order chi connectivity index (χ1) is 10.4. The topological polar surface area (TPSA) is 0 Å². The molecule has 0 heterocycles. The molecule has 0 N–H and O–H groups in total. The van der Waals surface area contributed by atoms with E-state index >= 15 is 0 Å². The summed E-state index contributed by atoms with van der Waals surface area (Å²) in [7, 11) is 0. The third-order valence-corrected chi connectivity index (χ3v) is 3.67. The first kappa shape index (κ1) is 13.3. The zero-order valence-corrected chi connectivity index (χ0v) is 12.1. The molecule has 2 aromatic rings. The molecule has 0 aliphatic heterocycles. The lowest BCUT2D eigenvalue weighted by Crippen LogP contribution is -2.15. The Hall–Kier alpha value is -2.70. The van der Waals surface area contributed by atoms with Crippen molar-refractivity contribution in [2.45, 2.75) is 19.3 Å². The summed E-state index contributed by atoms with van der Waals surface area (Å²) in [5.74, 6) is 13.2. The van der Waals surface area contributed by atoms with E-state index in [1.165, 1.54) is 16.7 Å². The Morgan fingerprint density at radius 2 is 1.48 bits per heavy atom. The van der Waals surface area contributed by atoms with E-state index in [0.717, 1.165) is 12.0 Å². The molecule has 0 heteroatoms. The molecule has 0 radical (unpaired) electrons. The molecule has 3 rings (SSSR count). The molecule has 0 bridgehead atoms. The maximum Gasteiger partial charge on any atom is 0.0248 e. The fraction of sp³-hybridized carbons (Fsp3) is 0.143. The van der Waals surface area contributed by atoms with Gasteiger partial charge in [-0.05, 0) is 31.0 Å². The van der Waals surface area contributed by atoms with Crippen molar-refractivity contribution in [3.8, 4) is 23.7 Å². The SMILES string of the molecule is CC#CC1=C(C#Cc2ccccc2)CC1c1ccccc1. The highest BCUT2D eigenvalue weighted by Gasteiger charge is 2.28. The van der Waals surface area contributed by atoms with Crippen LogP contribution in [0.4, 0.5) is 0 Å². The highest BCUT2D eigenvalue weighted by atomic mass is 14.3. The molecule has 0 aromatic heterocycles. The minimum atomic E-state index is 0.415. The molecule has 21 heavy (non-hydrogen) atoms. The molecular weight excluding hydrogens is 252 g/mol. The van der Waals surface area contributed by atoms with Gasteiger partial charge in [-0.25, -0.2) is 0 Å². The van der Waals surface area contributed by atoms with Gasteiger partial charge in [-0.1, -0.05) is 66.3 Å². The largest absolute Gasteiger partial charge is 0.102 e. The fourth-order valence-corrected chi connectivity index (χ4v) is 2.55. The Morgan fingerprint density at radius 3 is 2.14 bits per heavy atom. The zero-order chi connectivity index (χ0) is 14.5. The molecule has 0 fully saturated rings. The van der Waals surface area contributed by atoms with E-state index in [2.05, 4.69) is 47.9 Å². The highest BCUT2D eigenvalue weighted by molar-refractivity contribution is 5.58. The van der Waals surface area contributed by atoms with E-state index in [-0.39, 0.29) is 0 Å². The van der Waals surface area contributed by atoms with Crippen molar-refractivity contribution in [1.82, 2.24) is 0 Å². The van der Waals surface area contributed by atoms with Gasteiger partial charge in [-0.15, -0.1) is 5.92 Å². The smallest absolute Gasteiger partial charge is 0.0248 e.